The number of hydrogen-bond acceptors (Lipinski definition) is 4. The number of hydrogen-bond donors (Lipinski definition) is 1. The van der Waals surface area contributed by atoms with E-state index in [1.54, 1.807) is 6.07 Å². The van der Waals surface area contributed by atoms with E-state index in [-0.39, 0.29) is 11.3 Å². The number of alkyl halides is 3. The lowest BCUT2D eigenvalue weighted by Crippen LogP contribution is -2.04. The molecule has 0 bridgehead atoms. The van der Waals surface area contributed by atoms with Crippen molar-refractivity contribution in [2.45, 2.75) is 6.18 Å². The largest absolute Gasteiger partial charge is 0.416 e. The van der Waals surface area contributed by atoms with Crippen molar-refractivity contribution in [3.8, 4) is 0 Å². The smallest absolute Gasteiger partial charge is 0.279 e. The minimum atomic E-state index is -4.40. The molecule has 2 aromatic rings. The van der Waals surface area contributed by atoms with E-state index in [1.165, 1.54) is 36.5 Å². The third-order valence-corrected chi connectivity index (χ3v) is 2.74. The Hall–Kier alpha value is -2.90. The summed E-state index contributed by atoms with van der Waals surface area (Å²) in [6.07, 6.45) is -3.16. The predicted molar refractivity (Wildman–Crippen MR) is 75.8 cm³/mol. The third kappa shape index (κ3) is 3.81. The number of para-hydroxylation sites is 1. The Balaban J connectivity index is 2.09. The molecule has 0 saturated carbocycles. The van der Waals surface area contributed by atoms with Crippen LogP contribution in [-0.4, -0.2) is 11.1 Å². The van der Waals surface area contributed by atoms with E-state index in [4.69, 9.17) is 0 Å². The molecule has 0 radical (unpaired) electrons. The molecular weight excluding hydrogens is 299 g/mol. The van der Waals surface area contributed by atoms with E-state index in [9.17, 15) is 23.3 Å². The first-order valence-electron chi connectivity index (χ1n) is 6.07. The molecule has 0 aliphatic heterocycles. The van der Waals surface area contributed by atoms with Gasteiger partial charge in [0.25, 0.3) is 5.69 Å². The van der Waals surface area contributed by atoms with Gasteiger partial charge in [0.15, 0.2) is 0 Å². The van der Waals surface area contributed by atoms with Gasteiger partial charge in [-0.15, -0.1) is 0 Å². The maximum atomic E-state index is 12.4. The molecule has 0 saturated heterocycles. The van der Waals surface area contributed by atoms with E-state index < -0.39 is 16.7 Å². The van der Waals surface area contributed by atoms with Crippen LogP contribution in [0.2, 0.25) is 0 Å². The Labute approximate surface area is 123 Å². The number of halogens is 3. The Morgan fingerprint density at radius 1 is 1.09 bits per heavy atom. The minimum Gasteiger partial charge on any atom is -0.279 e. The van der Waals surface area contributed by atoms with Crippen molar-refractivity contribution in [3.05, 3.63) is 69.8 Å². The molecule has 0 aliphatic rings. The second kappa shape index (κ2) is 6.25. The van der Waals surface area contributed by atoms with Crippen LogP contribution in [0.3, 0.4) is 0 Å². The monoisotopic (exact) mass is 309 g/mol. The highest BCUT2D eigenvalue weighted by Gasteiger charge is 2.29. The van der Waals surface area contributed by atoms with Crippen molar-refractivity contribution in [3.63, 3.8) is 0 Å². The van der Waals surface area contributed by atoms with Gasteiger partial charge in [-0.1, -0.05) is 12.1 Å². The van der Waals surface area contributed by atoms with Gasteiger partial charge in [0.2, 0.25) is 0 Å². The van der Waals surface area contributed by atoms with Crippen LogP contribution in [-0.2, 0) is 6.18 Å². The molecule has 1 N–H and O–H groups in total. The minimum absolute atomic E-state index is 0.111. The summed E-state index contributed by atoms with van der Waals surface area (Å²) in [5, 5.41) is 14.6. The highest BCUT2D eigenvalue weighted by molar-refractivity contribution is 5.85. The van der Waals surface area contributed by atoms with Gasteiger partial charge in [-0.2, -0.15) is 18.3 Å². The van der Waals surface area contributed by atoms with Crippen LogP contribution in [0.5, 0.6) is 0 Å². The summed E-state index contributed by atoms with van der Waals surface area (Å²) in [6.45, 7) is 0. The number of nitro benzene ring substituents is 1. The predicted octanol–water partition coefficient (Wildman–Crippen LogP) is 4.06. The molecule has 0 atom stereocenters. The van der Waals surface area contributed by atoms with Crippen LogP contribution < -0.4 is 5.43 Å². The van der Waals surface area contributed by atoms with Gasteiger partial charge in [-0.05, 0) is 30.3 Å². The Morgan fingerprint density at radius 3 is 2.32 bits per heavy atom. The average Bonchev–Trinajstić information content (AvgIpc) is 2.47. The number of nitrogens with zero attached hydrogens (tertiary/aromatic N) is 2. The standard InChI is InChI=1S/C14H10F3N3O2/c15-14(16,17)11-5-7-12(8-6-11)19-18-9-10-3-1-2-4-13(10)20(21)22/h1-9,19H. The normalized spacial score (nSPS) is 11.6. The van der Waals surface area contributed by atoms with E-state index >= 15 is 0 Å². The second-order valence-corrected chi connectivity index (χ2v) is 4.26. The van der Waals surface area contributed by atoms with Crippen molar-refractivity contribution in [1.82, 2.24) is 0 Å². The maximum absolute atomic E-state index is 12.4. The molecule has 0 unspecified atom stereocenters. The quantitative estimate of drug-likeness (QED) is 0.526. The van der Waals surface area contributed by atoms with Crippen LogP contribution in [0.4, 0.5) is 24.5 Å². The zero-order valence-electron chi connectivity index (χ0n) is 11.0. The summed E-state index contributed by atoms with van der Waals surface area (Å²) >= 11 is 0. The van der Waals surface area contributed by atoms with Crippen LogP contribution in [0.15, 0.2) is 53.6 Å². The molecule has 2 aromatic carbocycles. The number of benzene rings is 2. The molecule has 22 heavy (non-hydrogen) atoms. The number of hydrazone groups is 1. The zero-order valence-corrected chi connectivity index (χ0v) is 11.0. The fraction of sp³-hybridized carbons (Fsp3) is 0.0714. The first-order chi connectivity index (χ1) is 10.4. The summed E-state index contributed by atoms with van der Waals surface area (Å²) in [6, 6.07) is 10.3. The summed E-state index contributed by atoms with van der Waals surface area (Å²) in [5.74, 6) is 0. The van der Waals surface area contributed by atoms with E-state index in [0.717, 1.165) is 12.1 Å². The molecule has 0 aromatic heterocycles. The van der Waals surface area contributed by atoms with Gasteiger partial charge in [-0.25, -0.2) is 0 Å². The van der Waals surface area contributed by atoms with Crippen molar-refractivity contribution >= 4 is 17.6 Å². The van der Waals surface area contributed by atoms with Crippen LogP contribution in [0, 0.1) is 10.1 Å². The average molecular weight is 309 g/mol. The molecule has 0 fully saturated rings. The highest BCUT2D eigenvalue weighted by atomic mass is 19.4. The van der Waals surface area contributed by atoms with Gasteiger partial charge in [0, 0.05) is 6.07 Å². The molecule has 0 spiro atoms. The van der Waals surface area contributed by atoms with Gasteiger partial charge >= 0.3 is 6.18 Å². The highest BCUT2D eigenvalue weighted by Crippen LogP contribution is 2.29. The molecule has 0 amide bonds. The number of nitrogens with one attached hydrogen (secondary N) is 1. The topological polar surface area (TPSA) is 67.5 Å². The third-order valence-electron chi connectivity index (χ3n) is 2.74. The number of anilines is 1. The number of nitro groups is 1. The van der Waals surface area contributed by atoms with Gasteiger partial charge in [0.1, 0.15) is 0 Å². The Kier molecular flexibility index (Phi) is 4.40. The van der Waals surface area contributed by atoms with Crippen molar-refractivity contribution < 1.29 is 18.1 Å². The summed E-state index contributed by atoms with van der Waals surface area (Å²) < 4.78 is 37.2. The van der Waals surface area contributed by atoms with E-state index in [1.807, 2.05) is 0 Å². The molecule has 5 nitrogen and oxygen atoms in total. The van der Waals surface area contributed by atoms with Crippen molar-refractivity contribution in [1.29, 1.82) is 0 Å². The van der Waals surface area contributed by atoms with Gasteiger partial charge < -0.3 is 0 Å². The van der Waals surface area contributed by atoms with E-state index in [0.29, 0.717) is 5.69 Å². The fourth-order valence-electron chi connectivity index (χ4n) is 1.67. The molecule has 0 aliphatic carbocycles. The maximum Gasteiger partial charge on any atom is 0.416 e. The first-order valence-corrected chi connectivity index (χ1v) is 6.07. The summed E-state index contributed by atoms with van der Waals surface area (Å²) in [7, 11) is 0. The lowest BCUT2D eigenvalue weighted by atomic mass is 10.2. The lowest BCUT2D eigenvalue weighted by molar-refractivity contribution is -0.385. The van der Waals surface area contributed by atoms with Crippen LogP contribution in [0.25, 0.3) is 0 Å². The van der Waals surface area contributed by atoms with E-state index in [2.05, 4.69) is 10.5 Å². The van der Waals surface area contributed by atoms with Gasteiger partial charge in [-0.3, -0.25) is 15.5 Å². The Bertz CT molecular complexity index is 697. The van der Waals surface area contributed by atoms with Crippen molar-refractivity contribution in [2.75, 3.05) is 5.43 Å². The molecule has 8 heteroatoms. The number of rotatable bonds is 4. The zero-order chi connectivity index (χ0) is 16.2. The molecule has 2 rings (SSSR count). The first kappa shape index (κ1) is 15.5. The SMILES string of the molecule is O=[N+]([O-])c1ccccc1C=NNc1ccc(C(F)(F)F)cc1. The lowest BCUT2D eigenvalue weighted by Gasteiger charge is -2.07. The summed E-state index contributed by atoms with van der Waals surface area (Å²) in [4.78, 5) is 10.3. The fourth-order valence-corrected chi connectivity index (χ4v) is 1.67. The molecule has 0 heterocycles. The Morgan fingerprint density at radius 2 is 1.73 bits per heavy atom. The molecular formula is C14H10F3N3O2. The molecule has 114 valence electrons. The summed E-state index contributed by atoms with van der Waals surface area (Å²) in [5.41, 5.74) is 2.26. The van der Waals surface area contributed by atoms with Crippen LogP contribution in [0.1, 0.15) is 11.1 Å². The van der Waals surface area contributed by atoms with Crippen LogP contribution >= 0.6 is 0 Å². The second-order valence-electron chi connectivity index (χ2n) is 4.26. The van der Waals surface area contributed by atoms with Crippen molar-refractivity contribution in [2.24, 2.45) is 5.10 Å². The van der Waals surface area contributed by atoms with Gasteiger partial charge in [0.05, 0.1) is 28.0 Å².